The number of carbonyl (C=O) groups excluding carboxylic acids is 1. The molecule has 3 aromatic rings. The number of aromatic amines is 1. The lowest BCUT2D eigenvalue weighted by Crippen LogP contribution is -2.29. The summed E-state index contributed by atoms with van der Waals surface area (Å²) in [5, 5.41) is 3.07. The van der Waals surface area contributed by atoms with Gasteiger partial charge in [0.2, 0.25) is 5.91 Å². The zero-order valence-electron chi connectivity index (χ0n) is 16.4. The number of nitrogens with one attached hydrogen (secondary N) is 2. The molecular weight excluding hydrogens is 350 g/mol. The van der Waals surface area contributed by atoms with Crippen molar-refractivity contribution in [2.45, 2.75) is 39.2 Å². The highest BCUT2D eigenvalue weighted by atomic mass is 16.5. The first-order valence-electron chi connectivity index (χ1n) is 9.75. The summed E-state index contributed by atoms with van der Waals surface area (Å²) in [4.78, 5) is 20.1. The number of carbonyl (C=O) groups is 1. The lowest BCUT2D eigenvalue weighted by atomic mass is 10.2. The van der Waals surface area contributed by atoms with Crippen molar-refractivity contribution >= 4 is 5.91 Å². The fourth-order valence-corrected chi connectivity index (χ4v) is 3.04. The Morgan fingerprint density at radius 1 is 1.18 bits per heavy atom. The van der Waals surface area contributed by atoms with Gasteiger partial charge in [0, 0.05) is 6.42 Å². The molecule has 1 amide bonds. The molecule has 0 radical (unpaired) electrons. The van der Waals surface area contributed by atoms with Crippen molar-refractivity contribution in [1.29, 1.82) is 0 Å². The number of nitrogens with zero attached hydrogens (tertiary/aromatic N) is 1. The number of aryl methyl sites for hydroxylation is 1. The van der Waals surface area contributed by atoms with Gasteiger partial charge in [-0.15, -0.1) is 0 Å². The number of ether oxygens (including phenoxy) is 1. The second kappa shape index (κ2) is 9.74. The molecule has 1 aromatic heterocycles. The van der Waals surface area contributed by atoms with Gasteiger partial charge in [-0.25, -0.2) is 4.98 Å². The molecule has 0 bridgehead atoms. The van der Waals surface area contributed by atoms with Crippen LogP contribution in [0.4, 0.5) is 0 Å². The molecule has 1 unspecified atom stereocenters. The van der Waals surface area contributed by atoms with E-state index in [-0.39, 0.29) is 11.9 Å². The van der Waals surface area contributed by atoms with Crippen molar-refractivity contribution in [3.8, 4) is 17.0 Å². The molecule has 0 spiro atoms. The average molecular weight is 377 g/mol. The van der Waals surface area contributed by atoms with Crippen LogP contribution >= 0.6 is 0 Å². The van der Waals surface area contributed by atoms with E-state index < -0.39 is 0 Å². The van der Waals surface area contributed by atoms with Crippen molar-refractivity contribution in [1.82, 2.24) is 15.3 Å². The number of rotatable bonds is 9. The van der Waals surface area contributed by atoms with Crippen LogP contribution < -0.4 is 10.1 Å². The largest absolute Gasteiger partial charge is 0.494 e. The van der Waals surface area contributed by atoms with Crippen molar-refractivity contribution in [2.24, 2.45) is 0 Å². The van der Waals surface area contributed by atoms with E-state index in [0.717, 1.165) is 34.8 Å². The molecule has 146 valence electrons. The van der Waals surface area contributed by atoms with Gasteiger partial charge in [0.25, 0.3) is 0 Å². The molecule has 0 saturated carbocycles. The van der Waals surface area contributed by atoms with Crippen LogP contribution in [-0.4, -0.2) is 22.5 Å². The van der Waals surface area contributed by atoms with Crippen LogP contribution in [0, 0.1) is 6.92 Å². The van der Waals surface area contributed by atoms with Gasteiger partial charge in [-0.1, -0.05) is 49.4 Å². The first kappa shape index (κ1) is 19.7. The predicted octanol–water partition coefficient (Wildman–Crippen LogP) is 4.81. The van der Waals surface area contributed by atoms with E-state index in [2.05, 4.69) is 15.3 Å². The zero-order valence-corrected chi connectivity index (χ0v) is 16.4. The number of imidazole rings is 1. The highest BCUT2D eigenvalue weighted by Gasteiger charge is 2.16. The number of hydrogen-bond donors (Lipinski definition) is 2. The molecule has 0 aliphatic rings. The standard InChI is InChI=1S/C23H27N3O2/c1-3-20(23-24-16-21(26-23)18-10-5-4-6-11-18)25-22(27)13-8-14-28-19-12-7-9-17(2)15-19/h4-7,9-12,15-16,20H,3,8,13-14H2,1-2H3,(H,24,26)(H,25,27). The molecule has 5 heteroatoms. The molecule has 0 aliphatic heterocycles. The van der Waals surface area contributed by atoms with Crippen molar-refractivity contribution < 1.29 is 9.53 Å². The maximum Gasteiger partial charge on any atom is 0.220 e. The SMILES string of the molecule is CCC(NC(=O)CCCOc1cccc(C)c1)c1ncc(-c2ccccc2)[nH]1. The Balaban J connectivity index is 1.47. The first-order valence-corrected chi connectivity index (χ1v) is 9.75. The Morgan fingerprint density at radius 2 is 2.00 bits per heavy atom. The smallest absolute Gasteiger partial charge is 0.220 e. The highest BCUT2D eigenvalue weighted by Crippen LogP contribution is 2.20. The van der Waals surface area contributed by atoms with Crippen LogP contribution in [0.5, 0.6) is 5.75 Å². The van der Waals surface area contributed by atoms with E-state index in [1.54, 1.807) is 0 Å². The number of hydrogen-bond acceptors (Lipinski definition) is 3. The van der Waals surface area contributed by atoms with E-state index in [0.29, 0.717) is 19.4 Å². The van der Waals surface area contributed by atoms with E-state index in [4.69, 9.17) is 4.74 Å². The van der Waals surface area contributed by atoms with Gasteiger partial charge < -0.3 is 15.0 Å². The van der Waals surface area contributed by atoms with Crippen molar-refractivity contribution in [2.75, 3.05) is 6.61 Å². The van der Waals surface area contributed by atoms with Gasteiger partial charge in [0.05, 0.1) is 24.5 Å². The van der Waals surface area contributed by atoms with E-state index >= 15 is 0 Å². The van der Waals surface area contributed by atoms with Crippen LogP contribution in [0.2, 0.25) is 0 Å². The third kappa shape index (κ3) is 5.46. The first-order chi connectivity index (χ1) is 13.7. The number of aromatic nitrogens is 2. The van der Waals surface area contributed by atoms with Gasteiger partial charge >= 0.3 is 0 Å². The Labute approximate surface area is 166 Å². The summed E-state index contributed by atoms with van der Waals surface area (Å²) in [6.07, 6.45) is 3.68. The minimum absolute atomic E-state index is 0.0114. The Bertz CT molecular complexity index is 890. The fraction of sp³-hybridized carbons (Fsp3) is 0.304. The van der Waals surface area contributed by atoms with Gasteiger partial charge in [0.1, 0.15) is 11.6 Å². The van der Waals surface area contributed by atoms with Crippen LogP contribution in [0.1, 0.15) is 43.6 Å². The van der Waals surface area contributed by atoms with Gasteiger partial charge in [-0.3, -0.25) is 4.79 Å². The van der Waals surface area contributed by atoms with E-state index in [1.165, 1.54) is 0 Å². The number of H-pyrrole nitrogens is 1. The lowest BCUT2D eigenvalue weighted by molar-refractivity contribution is -0.122. The minimum Gasteiger partial charge on any atom is -0.494 e. The van der Waals surface area contributed by atoms with Crippen molar-refractivity contribution in [3.63, 3.8) is 0 Å². The van der Waals surface area contributed by atoms with Gasteiger partial charge in [-0.05, 0) is 43.0 Å². The maximum absolute atomic E-state index is 12.3. The second-order valence-electron chi connectivity index (χ2n) is 6.85. The molecule has 5 nitrogen and oxygen atoms in total. The Morgan fingerprint density at radius 3 is 2.75 bits per heavy atom. The third-order valence-corrected chi connectivity index (χ3v) is 4.56. The van der Waals surface area contributed by atoms with Gasteiger partial charge in [-0.2, -0.15) is 0 Å². The molecule has 28 heavy (non-hydrogen) atoms. The van der Waals surface area contributed by atoms with Crippen molar-refractivity contribution in [3.05, 3.63) is 72.2 Å². The molecule has 0 aliphatic carbocycles. The van der Waals surface area contributed by atoms with E-state index in [9.17, 15) is 4.79 Å². The quantitative estimate of drug-likeness (QED) is 0.526. The lowest BCUT2D eigenvalue weighted by Gasteiger charge is -2.15. The Hall–Kier alpha value is -3.08. The summed E-state index contributed by atoms with van der Waals surface area (Å²) in [5.41, 5.74) is 3.19. The monoisotopic (exact) mass is 377 g/mol. The van der Waals surface area contributed by atoms with Crippen LogP contribution in [0.25, 0.3) is 11.3 Å². The molecule has 2 N–H and O–H groups in total. The molecule has 1 heterocycles. The van der Waals surface area contributed by atoms with Crippen LogP contribution in [0.15, 0.2) is 60.8 Å². The molecule has 3 rings (SSSR count). The molecular formula is C23H27N3O2. The summed E-state index contributed by atoms with van der Waals surface area (Å²) in [5.74, 6) is 1.64. The van der Waals surface area contributed by atoms with Crippen LogP contribution in [-0.2, 0) is 4.79 Å². The van der Waals surface area contributed by atoms with Gasteiger partial charge in [0.15, 0.2) is 0 Å². The zero-order chi connectivity index (χ0) is 19.8. The van der Waals surface area contributed by atoms with E-state index in [1.807, 2.05) is 74.6 Å². The topological polar surface area (TPSA) is 67.0 Å². The summed E-state index contributed by atoms with van der Waals surface area (Å²) >= 11 is 0. The average Bonchev–Trinajstić information content (AvgIpc) is 3.20. The minimum atomic E-state index is -0.123. The normalized spacial score (nSPS) is 11.8. The highest BCUT2D eigenvalue weighted by molar-refractivity contribution is 5.76. The molecule has 1 atom stereocenters. The predicted molar refractivity (Wildman–Crippen MR) is 111 cm³/mol. The number of amides is 1. The van der Waals surface area contributed by atoms with Crippen LogP contribution in [0.3, 0.4) is 0 Å². The molecule has 0 fully saturated rings. The maximum atomic E-state index is 12.3. The summed E-state index contributed by atoms with van der Waals surface area (Å²) in [7, 11) is 0. The summed E-state index contributed by atoms with van der Waals surface area (Å²) < 4.78 is 5.71. The molecule has 2 aromatic carbocycles. The third-order valence-electron chi connectivity index (χ3n) is 4.56. The molecule has 0 saturated heterocycles. The fourth-order valence-electron chi connectivity index (χ4n) is 3.04. The summed E-state index contributed by atoms with van der Waals surface area (Å²) in [6.45, 7) is 4.59. The second-order valence-corrected chi connectivity index (χ2v) is 6.85. The summed E-state index contributed by atoms with van der Waals surface area (Å²) in [6, 6.07) is 17.8. The Kier molecular flexibility index (Phi) is 6.84. The number of benzene rings is 2.